The van der Waals surface area contributed by atoms with E-state index in [0.717, 1.165) is 0 Å². The molecule has 1 rings (SSSR count). The first-order valence-corrected chi connectivity index (χ1v) is 6.26. The van der Waals surface area contributed by atoms with Crippen LogP contribution < -0.4 is 5.32 Å². The van der Waals surface area contributed by atoms with Crippen LogP contribution in [0.5, 0.6) is 0 Å². The fourth-order valence-electron chi connectivity index (χ4n) is 1.47. The molecule has 0 fully saturated rings. The number of hydrogen-bond donors (Lipinski definition) is 3. The fraction of sp³-hybridized carbons (Fsp3) is 0.333. The molecule has 0 unspecified atom stereocenters. The average molecular weight is 306 g/mol. The molecule has 0 heterocycles. The van der Waals surface area contributed by atoms with E-state index in [1.165, 1.54) is 6.07 Å². The van der Waals surface area contributed by atoms with Crippen LogP contribution in [0.4, 0.5) is 0 Å². The van der Waals surface area contributed by atoms with E-state index in [0.29, 0.717) is 15.6 Å². The minimum Gasteiger partial charge on any atom is -0.480 e. The Balaban J connectivity index is 2.66. The number of aliphatic carboxylic acids is 1. The summed E-state index contributed by atoms with van der Waals surface area (Å²) in [5.41, 5.74) is 0.553. The monoisotopic (exact) mass is 305 g/mol. The highest BCUT2D eigenvalue weighted by atomic mass is 35.5. The second-order valence-corrected chi connectivity index (χ2v) is 4.73. The van der Waals surface area contributed by atoms with E-state index in [9.17, 15) is 9.59 Å². The Hall–Kier alpha value is -1.30. The quantitative estimate of drug-likeness (QED) is 0.743. The number of amides is 1. The molecule has 104 valence electrons. The summed E-state index contributed by atoms with van der Waals surface area (Å²) < 4.78 is 0. The zero-order valence-electron chi connectivity index (χ0n) is 9.90. The van der Waals surface area contributed by atoms with Crippen LogP contribution in [0.3, 0.4) is 0 Å². The average Bonchev–Trinajstić information content (AvgIpc) is 2.32. The van der Waals surface area contributed by atoms with Crippen molar-refractivity contribution in [1.29, 1.82) is 0 Å². The molecule has 0 spiro atoms. The summed E-state index contributed by atoms with van der Waals surface area (Å²) in [6, 6.07) is 3.60. The number of carbonyl (C=O) groups excluding carboxylic acids is 1. The molecule has 0 aliphatic carbocycles. The van der Waals surface area contributed by atoms with Crippen LogP contribution in [0.2, 0.25) is 10.0 Å². The lowest BCUT2D eigenvalue weighted by Gasteiger charge is -2.13. The predicted octanol–water partition coefficient (Wildman–Crippen LogP) is 1.49. The highest BCUT2D eigenvalue weighted by Gasteiger charge is 2.19. The van der Waals surface area contributed by atoms with Gasteiger partial charge < -0.3 is 15.5 Å². The van der Waals surface area contributed by atoms with Gasteiger partial charge in [-0.15, -0.1) is 0 Å². The van der Waals surface area contributed by atoms with Crippen LogP contribution in [-0.2, 0) is 16.0 Å². The van der Waals surface area contributed by atoms with Crippen molar-refractivity contribution in [2.75, 3.05) is 6.61 Å². The standard InChI is InChI=1S/C12H13Cl2NO4/c13-8-2-1-7(9(14)6-8)5-11(17)15-10(3-4-16)12(18)19/h1-2,6,10,16H,3-5H2,(H,15,17)(H,18,19)/t10-/m0/s1. The van der Waals surface area contributed by atoms with E-state index >= 15 is 0 Å². The highest BCUT2D eigenvalue weighted by molar-refractivity contribution is 6.35. The SMILES string of the molecule is O=C(Cc1ccc(Cl)cc1Cl)N[C@@H](CCO)C(=O)O. The van der Waals surface area contributed by atoms with Crippen LogP contribution in [-0.4, -0.2) is 34.7 Å². The maximum Gasteiger partial charge on any atom is 0.326 e. The third-order valence-corrected chi connectivity index (χ3v) is 3.00. The number of aliphatic hydroxyl groups excluding tert-OH is 1. The molecule has 1 atom stereocenters. The molecular weight excluding hydrogens is 293 g/mol. The molecule has 5 nitrogen and oxygen atoms in total. The first-order chi connectivity index (χ1) is 8.93. The van der Waals surface area contributed by atoms with Gasteiger partial charge in [0.15, 0.2) is 0 Å². The number of halogens is 2. The summed E-state index contributed by atoms with van der Waals surface area (Å²) in [7, 11) is 0. The highest BCUT2D eigenvalue weighted by Crippen LogP contribution is 2.21. The fourth-order valence-corrected chi connectivity index (χ4v) is 1.95. The van der Waals surface area contributed by atoms with Crippen LogP contribution >= 0.6 is 23.2 Å². The van der Waals surface area contributed by atoms with Gasteiger partial charge in [-0.2, -0.15) is 0 Å². The van der Waals surface area contributed by atoms with E-state index < -0.39 is 17.9 Å². The van der Waals surface area contributed by atoms with Gasteiger partial charge in [-0.05, 0) is 17.7 Å². The zero-order valence-corrected chi connectivity index (χ0v) is 11.4. The Morgan fingerprint density at radius 2 is 2.00 bits per heavy atom. The van der Waals surface area contributed by atoms with Crippen LogP contribution in [0, 0.1) is 0 Å². The Morgan fingerprint density at radius 1 is 1.32 bits per heavy atom. The lowest BCUT2D eigenvalue weighted by molar-refractivity contribution is -0.142. The van der Waals surface area contributed by atoms with Gasteiger partial charge in [-0.1, -0.05) is 29.3 Å². The number of benzene rings is 1. The van der Waals surface area contributed by atoms with Crippen molar-refractivity contribution < 1.29 is 19.8 Å². The van der Waals surface area contributed by atoms with Crippen molar-refractivity contribution in [1.82, 2.24) is 5.32 Å². The molecule has 0 saturated heterocycles. The smallest absolute Gasteiger partial charge is 0.326 e. The lowest BCUT2D eigenvalue weighted by atomic mass is 10.1. The van der Waals surface area contributed by atoms with Gasteiger partial charge in [0.2, 0.25) is 5.91 Å². The van der Waals surface area contributed by atoms with E-state index in [2.05, 4.69) is 5.32 Å². The molecule has 0 radical (unpaired) electrons. The third-order valence-electron chi connectivity index (χ3n) is 2.42. The summed E-state index contributed by atoms with van der Waals surface area (Å²) >= 11 is 11.6. The Labute approximate surface area is 120 Å². The van der Waals surface area contributed by atoms with Crippen molar-refractivity contribution >= 4 is 35.1 Å². The van der Waals surface area contributed by atoms with Crippen LogP contribution in [0.15, 0.2) is 18.2 Å². The molecule has 1 aromatic carbocycles. The molecule has 0 bridgehead atoms. The van der Waals surface area contributed by atoms with Gasteiger partial charge in [0, 0.05) is 23.1 Å². The largest absolute Gasteiger partial charge is 0.480 e. The van der Waals surface area contributed by atoms with E-state index in [1.54, 1.807) is 12.1 Å². The molecule has 0 aliphatic heterocycles. The summed E-state index contributed by atoms with van der Waals surface area (Å²) in [6.07, 6.45) is -0.0966. The molecule has 0 aliphatic rings. The Morgan fingerprint density at radius 3 is 2.53 bits per heavy atom. The van der Waals surface area contributed by atoms with Gasteiger partial charge in [-0.3, -0.25) is 4.79 Å². The Kier molecular flexibility index (Phi) is 6.08. The number of nitrogens with one attached hydrogen (secondary N) is 1. The molecule has 0 aromatic heterocycles. The molecule has 1 amide bonds. The maximum absolute atomic E-state index is 11.7. The Bertz CT molecular complexity index is 479. The van der Waals surface area contributed by atoms with Crippen LogP contribution in [0.1, 0.15) is 12.0 Å². The number of aliphatic hydroxyl groups is 1. The molecule has 7 heteroatoms. The van der Waals surface area contributed by atoms with E-state index in [1.807, 2.05) is 0 Å². The lowest BCUT2D eigenvalue weighted by Crippen LogP contribution is -2.42. The summed E-state index contributed by atoms with van der Waals surface area (Å²) in [4.78, 5) is 22.5. The van der Waals surface area contributed by atoms with Crippen molar-refractivity contribution in [2.45, 2.75) is 18.9 Å². The summed E-state index contributed by atoms with van der Waals surface area (Å²) in [5.74, 6) is -1.67. The van der Waals surface area contributed by atoms with Crippen molar-refractivity contribution in [3.63, 3.8) is 0 Å². The molecule has 19 heavy (non-hydrogen) atoms. The predicted molar refractivity (Wildman–Crippen MR) is 71.4 cm³/mol. The summed E-state index contributed by atoms with van der Waals surface area (Å²) in [5, 5.41) is 20.7. The van der Waals surface area contributed by atoms with Gasteiger partial charge in [0.05, 0.1) is 6.42 Å². The number of rotatable bonds is 6. The first kappa shape index (κ1) is 15.8. The second kappa shape index (κ2) is 7.33. The van der Waals surface area contributed by atoms with Crippen molar-refractivity contribution in [3.05, 3.63) is 33.8 Å². The van der Waals surface area contributed by atoms with Crippen molar-refractivity contribution in [3.8, 4) is 0 Å². The number of carbonyl (C=O) groups is 2. The normalized spacial score (nSPS) is 11.9. The van der Waals surface area contributed by atoms with Crippen molar-refractivity contribution in [2.24, 2.45) is 0 Å². The topological polar surface area (TPSA) is 86.6 Å². The molecule has 1 aromatic rings. The molecule has 0 saturated carbocycles. The first-order valence-electron chi connectivity index (χ1n) is 5.51. The van der Waals surface area contributed by atoms with Gasteiger partial charge in [0.1, 0.15) is 6.04 Å². The van der Waals surface area contributed by atoms with Gasteiger partial charge >= 0.3 is 5.97 Å². The molecular formula is C12H13Cl2NO4. The summed E-state index contributed by atoms with van der Waals surface area (Å²) in [6.45, 7) is -0.320. The zero-order chi connectivity index (χ0) is 14.4. The number of carboxylic acid groups (broad SMARTS) is 1. The number of hydrogen-bond acceptors (Lipinski definition) is 3. The third kappa shape index (κ3) is 5.06. The van der Waals surface area contributed by atoms with E-state index in [4.69, 9.17) is 33.4 Å². The van der Waals surface area contributed by atoms with Crippen LogP contribution in [0.25, 0.3) is 0 Å². The molecule has 3 N–H and O–H groups in total. The van der Waals surface area contributed by atoms with E-state index in [-0.39, 0.29) is 19.4 Å². The number of carboxylic acids is 1. The van der Waals surface area contributed by atoms with Gasteiger partial charge in [0.25, 0.3) is 0 Å². The minimum absolute atomic E-state index is 0.0462. The second-order valence-electron chi connectivity index (χ2n) is 3.88. The minimum atomic E-state index is -1.19. The van der Waals surface area contributed by atoms with Gasteiger partial charge in [-0.25, -0.2) is 4.79 Å². The maximum atomic E-state index is 11.7.